The molecule has 1 N–H and O–H groups in total. The fourth-order valence-electron chi connectivity index (χ4n) is 1.25. The van der Waals surface area contributed by atoms with E-state index >= 15 is 0 Å². The van der Waals surface area contributed by atoms with E-state index in [0.29, 0.717) is 0 Å². The zero-order chi connectivity index (χ0) is 12.3. The van der Waals surface area contributed by atoms with E-state index in [1.54, 1.807) is 6.92 Å². The van der Waals surface area contributed by atoms with E-state index in [1.807, 2.05) is 0 Å². The second-order valence-electron chi connectivity index (χ2n) is 3.45. The van der Waals surface area contributed by atoms with Crippen LogP contribution in [0.25, 0.3) is 0 Å². The van der Waals surface area contributed by atoms with Gasteiger partial charge in [-0.05, 0) is 18.6 Å². The van der Waals surface area contributed by atoms with Crippen molar-refractivity contribution < 1.29 is 23.1 Å². The second-order valence-corrected chi connectivity index (χ2v) is 3.45. The number of alkyl halides is 3. The lowest BCUT2D eigenvalue weighted by molar-refractivity contribution is -0.164. The fraction of sp³-hybridized carbons (Fsp3) is 0.400. The van der Waals surface area contributed by atoms with Gasteiger partial charge in [0.05, 0.1) is 12.1 Å². The van der Waals surface area contributed by atoms with Gasteiger partial charge in [0.15, 0.2) is 0 Å². The van der Waals surface area contributed by atoms with Gasteiger partial charge < -0.3 is 5.11 Å². The molecular weight excluding hydrogens is 223 g/mol. The number of pyridine rings is 1. The number of halogens is 3. The number of hydrogen-bond donors (Lipinski definition) is 1. The van der Waals surface area contributed by atoms with Crippen LogP contribution in [0.3, 0.4) is 0 Å². The number of carbonyl (C=O) groups is 1. The van der Waals surface area contributed by atoms with Crippen LogP contribution in [0.1, 0.15) is 23.6 Å². The molecule has 0 aliphatic heterocycles. The summed E-state index contributed by atoms with van der Waals surface area (Å²) in [6, 6.07) is 2.68. The van der Waals surface area contributed by atoms with Gasteiger partial charge in [-0.1, -0.05) is 6.07 Å². The lowest BCUT2D eigenvalue weighted by Crippen LogP contribution is -2.24. The van der Waals surface area contributed by atoms with Crippen molar-refractivity contribution in [3.63, 3.8) is 0 Å². The highest BCUT2D eigenvalue weighted by Crippen LogP contribution is 2.36. The second kappa shape index (κ2) is 4.51. The Bertz CT molecular complexity index is 373. The Morgan fingerprint density at radius 2 is 2.12 bits per heavy atom. The van der Waals surface area contributed by atoms with E-state index in [1.165, 1.54) is 18.3 Å². The van der Waals surface area contributed by atoms with Crippen molar-refractivity contribution in [2.45, 2.75) is 25.4 Å². The number of carboxylic acids is 1. The molecule has 1 heterocycles. The van der Waals surface area contributed by atoms with Crippen LogP contribution in [0, 0.1) is 6.92 Å². The summed E-state index contributed by atoms with van der Waals surface area (Å²) in [6.07, 6.45) is -4.31. The van der Waals surface area contributed by atoms with Gasteiger partial charge in [-0.15, -0.1) is 0 Å². The van der Waals surface area contributed by atoms with Gasteiger partial charge in [-0.25, -0.2) is 0 Å². The molecule has 0 radical (unpaired) electrons. The standard InChI is InChI=1S/C10H10F3NO2/c1-6-2-3-8(14-5-6)7(4-9(15)16)10(11,12)13/h2-3,5,7H,4H2,1H3,(H,15,16). The van der Waals surface area contributed by atoms with Crippen LogP contribution in [-0.2, 0) is 4.79 Å². The average molecular weight is 233 g/mol. The predicted octanol–water partition coefficient (Wildman–Crippen LogP) is 2.51. The topological polar surface area (TPSA) is 50.2 Å². The molecule has 0 spiro atoms. The molecule has 1 aromatic rings. The van der Waals surface area contributed by atoms with Crippen molar-refractivity contribution in [1.29, 1.82) is 0 Å². The van der Waals surface area contributed by atoms with Crippen LogP contribution in [0.15, 0.2) is 18.3 Å². The summed E-state index contributed by atoms with van der Waals surface area (Å²) in [5, 5.41) is 8.44. The predicted molar refractivity (Wildman–Crippen MR) is 50.0 cm³/mol. The minimum absolute atomic E-state index is 0.263. The fourth-order valence-corrected chi connectivity index (χ4v) is 1.25. The highest BCUT2D eigenvalue weighted by Gasteiger charge is 2.42. The van der Waals surface area contributed by atoms with Crippen LogP contribution in [0.5, 0.6) is 0 Å². The summed E-state index contributed by atoms with van der Waals surface area (Å²) in [5.41, 5.74) is 0.459. The third-order valence-corrected chi connectivity index (χ3v) is 2.07. The van der Waals surface area contributed by atoms with E-state index in [4.69, 9.17) is 5.11 Å². The SMILES string of the molecule is Cc1ccc(C(CC(=O)O)C(F)(F)F)nc1. The number of hydrogen-bond acceptors (Lipinski definition) is 2. The van der Waals surface area contributed by atoms with Gasteiger partial charge in [-0.3, -0.25) is 9.78 Å². The smallest absolute Gasteiger partial charge is 0.397 e. The summed E-state index contributed by atoms with van der Waals surface area (Å²) < 4.78 is 37.7. The first-order valence-electron chi connectivity index (χ1n) is 4.51. The van der Waals surface area contributed by atoms with E-state index in [2.05, 4.69) is 4.98 Å². The number of aromatic nitrogens is 1. The van der Waals surface area contributed by atoms with E-state index in [9.17, 15) is 18.0 Å². The van der Waals surface area contributed by atoms with Crippen LogP contribution < -0.4 is 0 Å². The minimum atomic E-state index is -4.60. The van der Waals surface area contributed by atoms with Crippen molar-refractivity contribution in [3.8, 4) is 0 Å². The summed E-state index contributed by atoms with van der Waals surface area (Å²) in [4.78, 5) is 14.0. The molecule has 0 aliphatic carbocycles. The van der Waals surface area contributed by atoms with Crippen LogP contribution >= 0.6 is 0 Å². The van der Waals surface area contributed by atoms with E-state index in [-0.39, 0.29) is 5.69 Å². The molecule has 1 unspecified atom stereocenters. The first-order valence-corrected chi connectivity index (χ1v) is 4.51. The highest BCUT2D eigenvalue weighted by atomic mass is 19.4. The minimum Gasteiger partial charge on any atom is -0.481 e. The summed E-state index contributed by atoms with van der Waals surface area (Å²) in [7, 11) is 0. The Morgan fingerprint density at radius 3 is 2.50 bits per heavy atom. The van der Waals surface area contributed by atoms with Crippen molar-refractivity contribution in [2.24, 2.45) is 0 Å². The number of aliphatic carboxylic acids is 1. The summed E-state index contributed by atoms with van der Waals surface area (Å²) in [6.45, 7) is 1.69. The van der Waals surface area contributed by atoms with Crippen molar-refractivity contribution in [3.05, 3.63) is 29.6 Å². The lowest BCUT2D eigenvalue weighted by Gasteiger charge is -2.17. The zero-order valence-corrected chi connectivity index (χ0v) is 8.45. The first kappa shape index (κ1) is 12.5. The Morgan fingerprint density at radius 1 is 1.50 bits per heavy atom. The van der Waals surface area contributed by atoms with Gasteiger partial charge >= 0.3 is 12.1 Å². The Hall–Kier alpha value is -1.59. The maximum absolute atomic E-state index is 12.6. The summed E-state index contributed by atoms with van der Waals surface area (Å²) in [5.74, 6) is -3.55. The number of aryl methyl sites for hydroxylation is 1. The average Bonchev–Trinajstić information content (AvgIpc) is 2.14. The molecule has 6 heteroatoms. The monoisotopic (exact) mass is 233 g/mol. The van der Waals surface area contributed by atoms with E-state index in [0.717, 1.165) is 5.56 Å². The summed E-state index contributed by atoms with van der Waals surface area (Å²) >= 11 is 0. The third-order valence-electron chi connectivity index (χ3n) is 2.07. The van der Waals surface area contributed by atoms with Crippen LogP contribution in [0.2, 0.25) is 0 Å². The molecule has 0 bridgehead atoms. The first-order chi connectivity index (χ1) is 7.30. The molecule has 1 rings (SSSR count). The molecule has 0 fully saturated rings. The quantitative estimate of drug-likeness (QED) is 0.872. The normalized spacial score (nSPS) is 13.5. The molecular formula is C10H10F3NO2. The third kappa shape index (κ3) is 3.22. The maximum Gasteiger partial charge on any atom is 0.397 e. The number of rotatable bonds is 3. The Labute approximate surface area is 89.9 Å². The highest BCUT2D eigenvalue weighted by molar-refractivity contribution is 5.68. The van der Waals surface area contributed by atoms with Gasteiger partial charge in [-0.2, -0.15) is 13.2 Å². The van der Waals surface area contributed by atoms with Crippen LogP contribution in [-0.4, -0.2) is 22.2 Å². The molecule has 0 saturated heterocycles. The Balaban J connectivity index is 3.01. The lowest BCUT2D eigenvalue weighted by atomic mass is 10.00. The van der Waals surface area contributed by atoms with Crippen LogP contribution in [0.4, 0.5) is 13.2 Å². The molecule has 1 aromatic heterocycles. The molecule has 3 nitrogen and oxygen atoms in total. The molecule has 1 atom stereocenters. The number of nitrogens with zero attached hydrogens (tertiary/aromatic N) is 1. The number of carboxylic acid groups (broad SMARTS) is 1. The van der Waals surface area contributed by atoms with Gasteiger partial charge in [0.25, 0.3) is 0 Å². The Kier molecular flexibility index (Phi) is 3.51. The zero-order valence-electron chi connectivity index (χ0n) is 8.45. The molecule has 16 heavy (non-hydrogen) atoms. The van der Waals surface area contributed by atoms with Gasteiger partial charge in [0.2, 0.25) is 0 Å². The molecule has 0 amide bonds. The van der Waals surface area contributed by atoms with Crippen molar-refractivity contribution >= 4 is 5.97 Å². The molecule has 0 aliphatic rings. The molecule has 0 saturated carbocycles. The molecule has 88 valence electrons. The van der Waals surface area contributed by atoms with Gasteiger partial charge in [0, 0.05) is 6.20 Å². The largest absolute Gasteiger partial charge is 0.481 e. The van der Waals surface area contributed by atoms with E-state index < -0.39 is 24.5 Å². The van der Waals surface area contributed by atoms with Gasteiger partial charge in [0.1, 0.15) is 5.92 Å². The maximum atomic E-state index is 12.6. The van der Waals surface area contributed by atoms with Crippen molar-refractivity contribution in [1.82, 2.24) is 4.98 Å². The van der Waals surface area contributed by atoms with Crippen molar-refractivity contribution in [2.75, 3.05) is 0 Å². The molecule has 0 aromatic carbocycles.